The molecule has 4 nitrogen and oxygen atoms in total. The van der Waals surface area contributed by atoms with Crippen LogP contribution < -0.4 is 5.14 Å². The zero-order valence-corrected chi connectivity index (χ0v) is 15.4. The van der Waals surface area contributed by atoms with Gasteiger partial charge in [-0.3, -0.25) is 0 Å². The van der Waals surface area contributed by atoms with E-state index in [0.717, 1.165) is 36.8 Å². The molecule has 0 spiro atoms. The van der Waals surface area contributed by atoms with Crippen LogP contribution in [-0.4, -0.2) is 27.0 Å². The summed E-state index contributed by atoms with van der Waals surface area (Å²) in [6.45, 7) is 1.52. The fourth-order valence-corrected chi connectivity index (χ4v) is 3.17. The van der Waals surface area contributed by atoms with E-state index >= 15 is 0 Å². The van der Waals surface area contributed by atoms with E-state index in [4.69, 9.17) is 9.88 Å². The van der Waals surface area contributed by atoms with Gasteiger partial charge in [0.05, 0.1) is 4.90 Å². The maximum Gasteiger partial charge on any atom is 0.238 e. The minimum Gasteiger partial charge on any atom is -0.381 e. The number of rotatable bonds is 12. The fraction of sp³-hybridized carbons (Fsp3) is 0.625. The summed E-state index contributed by atoms with van der Waals surface area (Å²) < 4.78 is 28.2. The molecule has 0 unspecified atom stereocenters. The smallest absolute Gasteiger partial charge is 0.238 e. The van der Waals surface area contributed by atoms with Crippen LogP contribution in [0.25, 0.3) is 0 Å². The Hall–Kier alpha value is -0.430. The lowest BCUT2D eigenvalue weighted by Crippen LogP contribution is -2.12. The summed E-state index contributed by atoms with van der Waals surface area (Å²) in [7, 11) is -3.61. The van der Waals surface area contributed by atoms with Crippen molar-refractivity contribution in [3.63, 3.8) is 0 Å². The van der Waals surface area contributed by atoms with Crippen molar-refractivity contribution in [1.29, 1.82) is 0 Å². The van der Waals surface area contributed by atoms with Crippen LogP contribution in [0.2, 0.25) is 0 Å². The highest BCUT2D eigenvalue weighted by Crippen LogP contribution is 2.11. The molecule has 0 atom stereocenters. The fourth-order valence-electron chi connectivity index (χ4n) is 2.19. The Balaban J connectivity index is 2.10. The third-order valence-corrected chi connectivity index (χ3v) is 4.88. The van der Waals surface area contributed by atoms with Gasteiger partial charge in [0.1, 0.15) is 0 Å². The molecule has 0 radical (unpaired) electrons. The highest BCUT2D eigenvalue weighted by atomic mass is 79.9. The van der Waals surface area contributed by atoms with Crippen molar-refractivity contribution in [2.45, 2.75) is 49.8 Å². The van der Waals surface area contributed by atoms with Crippen LogP contribution in [0.3, 0.4) is 0 Å². The Morgan fingerprint density at radius 3 is 2.41 bits per heavy atom. The number of ether oxygens (including phenoxy) is 1. The van der Waals surface area contributed by atoms with Gasteiger partial charge in [-0.1, -0.05) is 47.3 Å². The minimum absolute atomic E-state index is 0.175. The van der Waals surface area contributed by atoms with Crippen molar-refractivity contribution in [1.82, 2.24) is 0 Å². The number of aryl methyl sites for hydroxylation is 1. The van der Waals surface area contributed by atoms with E-state index in [0.29, 0.717) is 6.61 Å². The first-order chi connectivity index (χ1) is 10.5. The van der Waals surface area contributed by atoms with Gasteiger partial charge in [0.2, 0.25) is 10.0 Å². The quantitative estimate of drug-likeness (QED) is 0.436. The second-order valence-corrected chi connectivity index (χ2v) is 7.72. The molecular weight excluding hydrogens is 366 g/mol. The van der Waals surface area contributed by atoms with Crippen molar-refractivity contribution in [3.8, 4) is 0 Å². The molecule has 0 amide bonds. The van der Waals surface area contributed by atoms with Crippen molar-refractivity contribution in [2.75, 3.05) is 18.5 Å². The second-order valence-electron chi connectivity index (χ2n) is 5.37. The van der Waals surface area contributed by atoms with Gasteiger partial charge in [-0.25, -0.2) is 13.6 Å². The van der Waals surface area contributed by atoms with Crippen LogP contribution in [0.5, 0.6) is 0 Å². The molecule has 0 aliphatic carbocycles. The van der Waals surface area contributed by atoms with Gasteiger partial charge in [-0.05, 0) is 43.4 Å². The summed E-state index contributed by atoms with van der Waals surface area (Å²) in [5.41, 5.74) is 0.977. The Bertz CT molecular complexity index is 520. The summed E-state index contributed by atoms with van der Waals surface area (Å²) in [6.07, 6.45) is 7.83. The van der Waals surface area contributed by atoms with E-state index in [1.54, 1.807) is 12.1 Å². The van der Waals surface area contributed by atoms with Gasteiger partial charge in [0.25, 0.3) is 0 Å². The standard InChI is InChI=1S/C16H26BrNO3S/c17-11-4-2-1-3-5-12-21-13-7-9-15-8-6-10-16(14-15)22(18,19)20/h6,8,10,14H,1-5,7,9,11-13H2,(H2,18,19,20). The maximum atomic E-state index is 11.3. The van der Waals surface area contributed by atoms with E-state index in [-0.39, 0.29) is 4.90 Å². The Morgan fingerprint density at radius 2 is 1.68 bits per heavy atom. The maximum absolute atomic E-state index is 11.3. The average molecular weight is 392 g/mol. The molecule has 0 heterocycles. The predicted octanol–water partition coefficient (Wildman–Crippen LogP) is 3.63. The molecular formula is C16H26BrNO3S. The lowest BCUT2D eigenvalue weighted by atomic mass is 10.1. The number of sulfonamides is 1. The molecule has 2 N–H and O–H groups in total. The number of unbranched alkanes of at least 4 members (excludes halogenated alkanes) is 4. The number of halogens is 1. The van der Waals surface area contributed by atoms with Crippen molar-refractivity contribution < 1.29 is 13.2 Å². The number of primary sulfonamides is 1. The van der Waals surface area contributed by atoms with Gasteiger partial charge in [0.15, 0.2) is 0 Å². The summed E-state index contributed by atoms with van der Waals surface area (Å²) in [5, 5.41) is 6.22. The van der Waals surface area contributed by atoms with Crippen LogP contribution >= 0.6 is 15.9 Å². The number of nitrogens with two attached hydrogens (primary N) is 1. The summed E-state index contributed by atoms with van der Waals surface area (Å²) >= 11 is 3.43. The number of hydrogen-bond donors (Lipinski definition) is 1. The molecule has 6 heteroatoms. The predicted molar refractivity (Wildman–Crippen MR) is 93.8 cm³/mol. The zero-order chi connectivity index (χ0) is 16.3. The molecule has 0 saturated carbocycles. The van der Waals surface area contributed by atoms with Crippen LogP contribution in [0.1, 0.15) is 44.1 Å². The Morgan fingerprint density at radius 1 is 1.00 bits per heavy atom. The van der Waals surface area contributed by atoms with Gasteiger partial charge in [0, 0.05) is 18.5 Å². The van der Waals surface area contributed by atoms with Gasteiger partial charge < -0.3 is 4.74 Å². The minimum atomic E-state index is -3.61. The second kappa shape index (κ2) is 11.2. The molecule has 1 rings (SSSR count). The van der Waals surface area contributed by atoms with Gasteiger partial charge in [-0.2, -0.15) is 0 Å². The summed E-state index contributed by atoms with van der Waals surface area (Å²) in [6, 6.07) is 6.80. The van der Waals surface area contributed by atoms with E-state index in [1.807, 2.05) is 6.07 Å². The molecule has 126 valence electrons. The number of alkyl halides is 1. The molecule has 0 bridgehead atoms. The van der Waals surface area contributed by atoms with Gasteiger partial charge in [-0.15, -0.1) is 0 Å². The Labute approximate surface area is 142 Å². The first kappa shape index (κ1) is 19.6. The highest BCUT2D eigenvalue weighted by Gasteiger charge is 2.07. The van der Waals surface area contributed by atoms with Crippen LogP contribution in [0.15, 0.2) is 29.2 Å². The molecule has 0 aliphatic rings. The summed E-state index contributed by atoms with van der Waals surface area (Å²) in [5.74, 6) is 0. The molecule has 22 heavy (non-hydrogen) atoms. The van der Waals surface area contributed by atoms with E-state index in [1.165, 1.54) is 31.7 Å². The third kappa shape index (κ3) is 8.88. The first-order valence-electron chi connectivity index (χ1n) is 7.79. The first-order valence-corrected chi connectivity index (χ1v) is 10.5. The normalized spacial score (nSPS) is 11.7. The van der Waals surface area contributed by atoms with Crippen LogP contribution in [0.4, 0.5) is 0 Å². The largest absolute Gasteiger partial charge is 0.381 e. The van der Waals surface area contributed by atoms with Crippen LogP contribution in [0, 0.1) is 0 Å². The molecule has 0 saturated heterocycles. The lowest BCUT2D eigenvalue weighted by molar-refractivity contribution is 0.127. The Kier molecular flexibility index (Phi) is 9.95. The SMILES string of the molecule is NS(=O)(=O)c1cccc(CCCOCCCCCCCBr)c1. The molecule has 1 aromatic rings. The zero-order valence-electron chi connectivity index (χ0n) is 13.0. The van der Waals surface area contributed by atoms with Gasteiger partial charge >= 0.3 is 0 Å². The average Bonchev–Trinajstić information content (AvgIpc) is 2.49. The number of hydrogen-bond acceptors (Lipinski definition) is 3. The molecule has 1 aromatic carbocycles. The van der Waals surface area contributed by atoms with E-state index in [2.05, 4.69) is 15.9 Å². The number of benzene rings is 1. The lowest BCUT2D eigenvalue weighted by Gasteiger charge is -2.06. The summed E-state index contributed by atoms with van der Waals surface area (Å²) in [4.78, 5) is 0.175. The van der Waals surface area contributed by atoms with Crippen LogP contribution in [-0.2, 0) is 21.2 Å². The van der Waals surface area contributed by atoms with Crippen molar-refractivity contribution >= 4 is 26.0 Å². The van der Waals surface area contributed by atoms with E-state index in [9.17, 15) is 8.42 Å². The highest BCUT2D eigenvalue weighted by molar-refractivity contribution is 9.09. The topological polar surface area (TPSA) is 69.4 Å². The molecule has 0 fully saturated rings. The van der Waals surface area contributed by atoms with E-state index < -0.39 is 10.0 Å². The monoisotopic (exact) mass is 391 g/mol. The third-order valence-electron chi connectivity index (χ3n) is 3.40. The van der Waals surface area contributed by atoms with Crippen molar-refractivity contribution in [3.05, 3.63) is 29.8 Å². The molecule has 0 aliphatic heterocycles. The van der Waals surface area contributed by atoms with Crippen molar-refractivity contribution in [2.24, 2.45) is 5.14 Å². The molecule has 0 aromatic heterocycles.